The molecule has 184 valence electrons. The van der Waals surface area contributed by atoms with E-state index in [0.29, 0.717) is 62.7 Å². The summed E-state index contributed by atoms with van der Waals surface area (Å²) in [5.41, 5.74) is 16.0. The number of ether oxygens (including phenoxy) is 1. The number of pyridine rings is 1. The first-order valence-electron chi connectivity index (χ1n) is 11.8. The van der Waals surface area contributed by atoms with E-state index in [0.717, 1.165) is 5.39 Å². The number of nitrogen functional groups attached to an aromatic ring is 2. The summed E-state index contributed by atoms with van der Waals surface area (Å²) in [4.78, 5) is 30.7. The maximum Gasteiger partial charge on any atom is 0.255 e. The van der Waals surface area contributed by atoms with Crippen LogP contribution >= 0.6 is 0 Å². The molecule has 0 atom stereocenters. The Kier molecular flexibility index (Phi) is 6.30. The average molecular weight is 492 g/mol. The highest BCUT2D eigenvalue weighted by atomic mass is 16.5. The van der Waals surface area contributed by atoms with Crippen LogP contribution in [-0.2, 0) is 0 Å². The number of benzene rings is 4. The lowest BCUT2D eigenvalue weighted by Gasteiger charge is -2.15. The van der Waals surface area contributed by atoms with Gasteiger partial charge in [0.15, 0.2) is 0 Å². The van der Waals surface area contributed by atoms with Crippen molar-refractivity contribution >= 4 is 56.4 Å². The minimum absolute atomic E-state index is 0.288. The third kappa shape index (κ3) is 4.99. The Hall–Kier alpha value is -5.11. The van der Waals surface area contributed by atoms with E-state index in [1.165, 1.54) is 0 Å². The van der Waals surface area contributed by atoms with Gasteiger partial charge in [-0.3, -0.25) is 9.59 Å². The molecule has 0 saturated heterocycles. The molecule has 4 aromatic carbocycles. The number of nitrogens with zero attached hydrogens (tertiary/aromatic N) is 1. The number of fused-ring (bicyclic) bond motifs is 2. The maximum absolute atomic E-state index is 13.2. The lowest BCUT2D eigenvalue weighted by molar-refractivity contribution is 0.101. The molecule has 5 aromatic rings. The lowest BCUT2D eigenvalue weighted by Crippen LogP contribution is -2.14. The third-order valence-corrected chi connectivity index (χ3v) is 5.85. The number of aromatic nitrogens is 1. The third-order valence-electron chi connectivity index (χ3n) is 5.85. The highest BCUT2D eigenvalue weighted by Gasteiger charge is 2.16. The van der Waals surface area contributed by atoms with Crippen LogP contribution in [0.3, 0.4) is 0 Å². The van der Waals surface area contributed by atoms with Crippen LogP contribution in [0.1, 0.15) is 27.6 Å². The fourth-order valence-electron chi connectivity index (χ4n) is 4.14. The van der Waals surface area contributed by atoms with E-state index in [1.807, 2.05) is 31.2 Å². The molecule has 6 N–H and O–H groups in total. The van der Waals surface area contributed by atoms with Gasteiger partial charge in [-0.05, 0) is 79.7 Å². The molecule has 0 spiro atoms. The number of rotatable bonds is 6. The second kappa shape index (κ2) is 9.87. The minimum atomic E-state index is -0.304. The van der Waals surface area contributed by atoms with E-state index in [9.17, 15) is 9.59 Å². The summed E-state index contributed by atoms with van der Waals surface area (Å²) in [6.07, 6.45) is 0. The molecule has 0 radical (unpaired) electrons. The zero-order valence-corrected chi connectivity index (χ0v) is 20.1. The fourth-order valence-corrected chi connectivity index (χ4v) is 4.14. The highest BCUT2D eigenvalue weighted by Crippen LogP contribution is 2.35. The van der Waals surface area contributed by atoms with Gasteiger partial charge in [0.1, 0.15) is 5.75 Å². The van der Waals surface area contributed by atoms with E-state index in [4.69, 9.17) is 21.2 Å². The first-order valence-corrected chi connectivity index (χ1v) is 11.8. The van der Waals surface area contributed by atoms with Crippen molar-refractivity contribution in [2.45, 2.75) is 6.92 Å². The monoisotopic (exact) mass is 491 g/mol. The fraction of sp³-hybridized carbons (Fsp3) is 0.0690. The number of nitrogens with two attached hydrogens (primary N) is 2. The smallest absolute Gasteiger partial charge is 0.255 e. The largest absolute Gasteiger partial charge is 0.494 e. The van der Waals surface area contributed by atoms with Gasteiger partial charge in [0.25, 0.3) is 11.8 Å². The molecule has 37 heavy (non-hydrogen) atoms. The highest BCUT2D eigenvalue weighted by molar-refractivity contribution is 6.17. The van der Waals surface area contributed by atoms with Gasteiger partial charge < -0.3 is 26.8 Å². The summed E-state index contributed by atoms with van der Waals surface area (Å²) in [5, 5.41) is 7.37. The Balaban J connectivity index is 1.58. The quantitative estimate of drug-likeness (QED) is 0.184. The average Bonchev–Trinajstić information content (AvgIpc) is 2.89. The molecular formula is C29H25N5O3. The molecule has 0 saturated carbocycles. The molecule has 0 aliphatic heterocycles. The van der Waals surface area contributed by atoms with Crippen molar-refractivity contribution in [3.63, 3.8) is 0 Å². The van der Waals surface area contributed by atoms with Gasteiger partial charge in [-0.25, -0.2) is 4.98 Å². The van der Waals surface area contributed by atoms with Gasteiger partial charge in [0, 0.05) is 39.0 Å². The number of amides is 2. The first-order chi connectivity index (χ1) is 17.9. The first kappa shape index (κ1) is 23.6. The van der Waals surface area contributed by atoms with E-state index in [1.54, 1.807) is 60.7 Å². The van der Waals surface area contributed by atoms with Crippen LogP contribution in [0.4, 0.5) is 22.7 Å². The summed E-state index contributed by atoms with van der Waals surface area (Å²) >= 11 is 0. The zero-order valence-electron chi connectivity index (χ0n) is 20.1. The molecule has 2 amide bonds. The molecular weight excluding hydrogens is 466 g/mol. The van der Waals surface area contributed by atoms with Gasteiger partial charge in [0.2, 0.25) is 0 Å². The van der Waals surface area contributed by atoms with Crippen molar-refractivity contribution in [2.75, 3.05) is 28.7 Å². The van der Waals surface area contributed by atoms with Crippen LogP contribution in [0.5, 0.6) is 5.75 Å². The molecule has 0 aliphatic rings. The Morgan fingerprint density at radius 2 is 1.43 bits per heavy atom. The minimum Gasteiger partial charge on any atom is -0.494 e. The molecule has 0 bridgehead atoms. The number of carbonyl (C=O) groups excluding carboxylic acids is 2. The number of hydrogen-bond acceptors (Lipinski definition) is 6. The Morgan fingerprint density at radius 3 is 2.08 bits per heavy atom. The SMILES string of the molecule is CCOc1ccc2nc3cc(NC(=O)c4cccc(N)c4)ccc3c(NC(=O)c3cccc(N)c3)c2c1. The van der Waals surface area contributed by atoms with E-state index in [2.05, 4.69) is 10.6 Å². The molecule has 5 rings (SSSR count). The standard InChI is InChI=1S/C29H25N5O3/c1-2-37-22-10-12-25-24(16-22)27(34-29(36)18-6-4-8-20(31)14-18)23-11-9-21(15-26(23)33-25)32-28(35)17-5-3-7-19(30)13-17/h3-16H,2,30-31H2,1H3,(H,32,35)(H,33,34,36). The van der Waals surface area contributed by atoms with Crippen molar-refractivity contribution in [2.24, 2.45) is 0 Å². The number of hydrogen-bond donors (Lipinski definition) is 4. The van der Waals surface area contributed by atoms with Gasteiger partial charge in [-0.2, -0.15) is 0 Å². The van der Waals surface area contributed by atoms with Gasteiger partial charge in [-0.15, -0.1) is 0 Å². The summed E-state index contributed by atoms with van der Waals surface area (Å²) < 4.78 is 5.69. The van der Waals surface area contributed by atoms with E-state index in [-0.39, 0.29) is 11.8 Å². The zero-order chi connectivity index (χ0) is 25.9. The van der Waals surface area contributed by atoms with Crippen molar-refractivity contribution < 1.29 is 14.3 Å². The normalized spacial score (nSPS) is 10.8. The Labute approximate surface area is 213 Å². The predicted molar refractivity (Wildman–Crippen MR) is 148 cm³/mol. The number of anilines is 4. The molecule has 0 fully saturated rings. The summed E-state index contributed by atoms with van der Waals surface area (Å²) in [7, 11) is 0. The second-order valence-electron chi connectivity index (χ2n) is 8.49. The summed E-state index contributed by atoms with van der Waals surface area (Å²) in [5.74, 6) is 0.0765. The van der Waals surface area contributed by atoms with Crippen molar-refractivity contribution in [1.82, 2.24) is 4.98 Å². The topological polar surface area (TPSA) is 132 Å². The Bertz CT molecular complexity index is 1670. The van der Waals surface area contributed by atoms with Crippen LogP contribution in [0.15, 0.2) is 84.9 Å². The summed E-state index contributed by atoms with van der Waals surface area (Å²) in [6, 6.07) is 24.4. The number of carbonyl (C=O) groups is 2. The number of nitrogens with one attached hydrogen (secondary N) is 2. The van der Waals surface area contributed by atoms with Gasteiger partial charge in [0.05, 0.1) is 23.3 Å². The van der Waals surface area contributed by atoms with E-state index >= 15 is 0 Å². The maximum atomic E-state index is 13.2. The van der Waals surface area contributed by atoms with Crippen molar-refractivity contribution in [1.29, 1.82) is 0 Å². The van der Waals surface area contributed by atoms with Crippen LogP contribution in [0.2, 0.25) is 0 Å². The molecule has 1 heterocycles. The van der Waals surface area contributed by atoms with E-state index < -0.39 is 0 Å². The van der Waals surface area contributed by atoms with Gasteiger partial charge >= 0.3 is 0 Å². The van der Waals surface area contributed by atoms with Crippen LogP contribution in [0, 0.1) is 0 Å². The molecule has 8 nitrogen and oxygen atoms in total. The molecule has 8 heteroatoms. The van der Waals surface area contributed by atoms with Crippen molar-refractivity contribution in [3.05, 3.63) is 96.1 Å². The van der Waals surface area contributed by atoms with Crippen molar-refractivity contribution in [3.8, 4) is 5.75 Å². The summed E-state index contributed by atoms with van der Waals surface area (Å²) in [6.45, 7) is 2.42. The molecule has 0 unspecified atom stereocenters. The molecule has 0 aliphatic carbocycles. The van der Waals surface area contributed by atoms with Crippen LogP contribution in [-0.4, -0.2) is 23.4 Å². The van der Waals surface area contributed by atoms with Crippen LogP contribution in [0.25, 0.3) is 21.8 Å². The van der Waals surface area contributed by atoms with Gasteiger partial charge in [-0.1, -0.05) is 12.1 Å². The Morgan fingerprint density at radius 1 is 0.757 bits per heavy atom. The lowest BCUT2D eigenvalue weighted by atomic mass is 10.1. The van der Waals surface area contributed by atoms with Crippen LogP contribution < -0.4 is 26.8 Å². The molecule has 1 aromatic heterocycles. The predicted octanol–water partition coefficient (Wildman–Crippen LogP) is 5.46. The second-order valence-corrected chi connectivity index (χ2v) is 8.49.